The monoisotopic (exact) mass is 984 g/mol. The molecular weight excluding hydrogens is 863 g/mol. The molecule has 1 aromatic heterocycles. The van der Waals surface area contributed by atoms with Crippen LogP contribution in [0.1, 0.15) is 324 Å². The first-order chi connectivity index (χ1) is 34.5. The van der Waals surface area contributed by atoms with Gasteiger partial charge in [-0.1, -0.05) is 253 Å². The molecular formula is C63H121N3O4. The highest BCUT2D eigenvalue weighted by Crippen LogP contribution is 2.23. The summed E-state index contributed by atoms with van der Waals surface area (Å²) in [5, 5.41) is 0. The van der Waals surface area contributed by atoms with Crippen molar-refractivity contribution in [1.82, 2.24) is 14.5 Å². The highest BCUT2D eigenvalue weighted by molar-refractivity contribution is 5.69. The van der Waals surface area contributed by atoms with E-state index in [2.05, 4.69) is 55.3 Å². The average Bonchev–Trinajstić information content (AvgIpc) is 3.90. The number of nitrogens with zero attached hydrogens (tertiary/aromatic N) is 3. The Hall–Kier alpha value is -1.89. The van der Waals surface area contributed by atoms with Gasteiger partial charge in [-0.25, -0.2) is 4.98 Å². The molecule has 0 aliphatic heterocycles. The zero-order chi connectivity index (χ0) is 50.6. The molecule has 1 rings (SSSR count). The maximum absolute atomic E-state index is 12.7. The first-order valence-corrected chi connectivity index (χ1v) is 31.5. The summed E-state index contributed by atoms with van der Waals surface area (Å²) >= 11 is 0. The molecule has 0 saturated carbocycles. The van der Waals surface area contributed by atoms with Gasteiger partial charge in [-0.05, 0) is 76.2 Å². The number of ether oxygens (including phenoxy) is 2. The van der Waals surface area contributed by atoms with Gasteiger partial charge in [0, 0.05) is 44.4 Å². The van der Waals surface area contributed by atoms with Crippen LogP contribution in [0.15, 0.2) is 18.7 Å². The summed E-state index contributed by atoms with van der Waals surface area (Å²) in [4.78, 5) is 32.6. The van der Waals surface area contributed by atoms with Gasteiger partial charge in [-0.3, -0.25) is 14.5 Å². The van der Waals surface area contributed by atoms with Gasteiger partial charge >= 0.3 is 11.9 Å². The van der Waals surface area contributed by atoms with Crippen LogP contribution in [0.25, 0.3) is 0 Å². The van der Waals surface area contributed by atoms with Crippen LogP contribution in [0.5, 0.6) is 0 Å². The van der Waals surface area contributed by atoms with E-state index >= 15 is 0 Å². The molecule has 7 nitrogen and oxygen atoms in total. The van der Waals surface area contributed by atoms with Gasteiger partial charge in [0.2, 0.25) is 0 Å². The third-order valence-corrected chi connectivity index (χ3v) is 15.4. The Bertz CT molecular complexity index is 1210. The van der Waals surface area contributed by atoms with Gasteiger partial charge in [0.05, 0.1) is 19.5 Å². The summed E-state index contributed by atoms with van der Waals surface area (Å²) in [6.45, 7) is 15.9. The van der Waals surface area contributed by atoms with Gasteiger partial charge in [-0.15, -0.1) is 0 Å². The molecule has 0 aliphatic carbocycles. The van der Waals surface area contributed by atoms with Crippen LogP contribution in [-0.4, -0.2) is 58.7 Å². The number of hydrogen-bond donors (Lipinski definition) is 0. The maximum atomic E-state index is 12.7. The van der Waals surface area contributed by atoms with Crippen LogP contribution in [0, 0.1) is 11.8 Å². The molecule has 3 atom stereocenters. The number of carbonyl (C=O) groups is 2. The first kappa shape index (κ1) is 66.1. The number of hydrogen-bond acceptors (Lipinski definition) is 6. The van der Waals surface area contributed by atoms with Crippen LogP contribution >= 0.6 is 0 Å². The Kier molecular flexibility index (Phi) is 49.1. The van der Waals surface area contributed by atoms with Crippen molar-refractivity contribution in [2.45, 2.75) is 336 Å². The smallest absolute Gasteiger partial charge is 0.305 e. The van der Waals surface area contributed by atoms with Crippen LogP contribution in [0.4, 0.5) is 0 Å². The van der Waals surface area contributed by atoms with Gasteiger partial charge in [0.15, 0.2) is 0 Å². The number of carbonyl (C=O) groups excluding carboxylic acids is 2. The first-order valence-electron chi connectivity index (χ1n) is 31.5. The molecule has 0 amide bonds. The molecule has 3 unspecified atom stereocenters. The van der Waals surface area contributed by atoms with Crippen molar-refractivity contribution < 1.29 is 19.1 Å². The minimum Gasteiger partial charge on any atom is -0.465 e. The predicted molar refractivity (Wildman–Crippen MR) is 303 cm³/mol. The Labute approximate surface area is 436 Å². The number of imidazole rings is 1. The molecule has 0 aromatic carbocycles. The van der Waals surface area contributed by atoms with E-state index in [1.807, 2.05) is 12.5 Å². The molecule has 1 aromatic rings. The second-order valence-electron chi connectivity index (χ2n) is 22.1. The predicted octanol–water partition coefficient (Wildman–Crippen LogP) is 19.5. The fourth-order valence-electron chi connectivity index (χ4n) is 10.6. The minimum atomic E-state index is 0.0201. The molecule has 7 heteroatoms. The zero-order valence-corrected chi connectivity index (χ0v) is 47.8. The van der Waals surface area contributed by atoms with Crippen molar-refractivity contribution in [3.05, 3.63) is 18.7 Å². The summed E-state index contributed by atoms with van der Waals surface area (Å²) in [6, 6.07) is 0.631. The SMILES string of the molecule is CCCCCCCCCCCCCCN(CCn1ccnc1)C(CCCCCCCCC(=O)OCC(CCCC)CCCCCC)CCCCCCCCC(=O)OCC(CCCCC)CCCCCC. The lowest BCUT2D eigenvalue weighted by Gasteiger charge is -2.32. The van der Waals surface area contributed by atoms with E-state index in [4.69, 9.17) is 9.47 Å². The molecule has 70 heavy (non-hydrogen) atoms. The fourth-order valence-corrected chi connectivity index (χ4v) is 10.6. The van der Waals surface area contributed by atoms with E-state index in [0.29, 0.717) is 43.9 Å². The third kappa shape index (κ3) is 42.6. The summed E-state index contributed by atoms with van der Waals surface area (Å²) in [5.74, 6) is 1.12. The Balaban J connectivity index is 2.61. The highest BCUT2D eigenvalue weighted by atomic mass is 16.5. The lowest BCUT2D eigenvalue weighted by atomic mass is 9.95. The number of esters is 2. The van der Waals surface area contributed by atoms with Crippen LogP contribution in [-0.2, 0) is 25.6 Å². The quantitative estimate of drug-likeness (QED) is 0.0478. The molecule has 0 aliphatic rings. The van der Waals surface area contributed by atoms with Gasteiger partial charge < -0.3 is 14.0 Å². The van der Waals surface area contributed by atoms with E-state index < -0.39 is 0 Å². The Morgan fingerprint density at radius 2 is 0.757 bits per heavy atom. The lowest BCUT2D eigenvalue weighted by Crippen LogP contribution is -2.38. The average molecular weight is 985 g/mol. The lowest BCUT2D eigenvalue weighted by molar-refractivity contribution is -0.146. The summed E-state index contributed by atoms with van der Waals surface area (Å²) in [6.07, 6.45) is 62.1. The standard InChI is InChI=1S/C63H121N3O4/c1-6-11-16-19-20-21-22-23-24-29-34-42-52-66(55-54-65-53-51-64-58-65)61(47-38-30-25-27-32-40-49-62(67)69-56-59(43-15-10-5)45-36-17-12-7-2)48-39-31-26-28-33-41-50-63(68)70-57-60(44-35-14-9-4)46-37-18-13-8-3/h51,53,58-61H,6-50,52,54-57H2,1-5H3. The molecule has 0 bridgehead atoms. The van der Waals surface area contributed by atoms with E-state index in [-0.39, 0.29) is 11.9 Å². The van der Waals surface area contributed by atoms with Crippen molar-refractivity contribution in [3.63, 3.8) is 0 Å². The van der Waals surface area contributed by atoms with Gasteiger partial charge in [-0.2, -0.15) is 0 Å². The maximum Gasteiger partial charge on any atom is 0.305 e. The molecule has 0 radical (unpaired) electrons. The zero-order valence-electron chi connectivity index (χ0n) is 47.8. The third-order valence-electron chi connectivity index (χ3n) is 15.4. The summed E-state index contributed by atoms with van der Waals surface area (Å²) in [5.41, 5.74) is 0. The van der Waals surface area contributed by atoms with E-state index in [1.165, 1.54) is 257 Å². The number of unbranched alkanes of at least 4 members (excludes halogenated alkanes) is 30. The van der Waals surface area contributed by atoms with Crippen molar-refractivity contribution >= 4 is 11.9 Å². The number of rotatable bonds is 56. The second kappa shape index (κ2) is 52.0. The molecule has 0 fully saturated rings. The normalized spacial score (nSPS) is 13.0. The number of aromatic nitrogens is 2. The van der Waals surface area contributed by atoms with Crippen molar-refractivity contribution in [1.29, 1.82) is 0 Å². The minimum absolute atomic E-state index is 0.0201. The molecule has 1 heterocycles. The van der Waals surface area contributed by atoms with Gasteiger partial charge in [0.1, 0.15) is 0 Å². The van der Waals surface area contributed by atoms with Crippen LogP contribution < -0.4 is 0 Å². The fraction of sp³-hybridized carbons (Fsp3) is 0.921. The van der Waals surface area contributed by atoms with Crippen LogP contribution in [0.2, 0.25) is 0 Å². The van der Waals surface area contributed by atoms with Crippen molar-refractivity contribution in [3.8, 4) is 0 Å². The molecule has 0 spiro atoms. The van der Waals surface area contributed by atoms with Gasteiger partial charge in [0.25, 0.3) is 0 Å². The molecule has 0 N–H and O–H groups in total. The largest absolute Gasteiger partial charge is 0.465 e. The van der Waals surface area contributed by atoms with Crippen molar-refractivity contribution in [2.24, 2.45) is 11.8 Å². The Morgan fingerprint density at radius 1 is 0.414 bits per heavy atom. The second-order valence-corrected chi connectivity index (χ2v) is 22.1. The van der Waals surface area contributed by atoms with E-state index in [0.717, 1.165) is 38.8 Å². The highest BCUT2D eigenvalue weighted by Gasteiger charge is 2.19. The van der Waals surface area contributed by atoms with Crippen molar-refractivity contribution in [2.75, 3.05) is 26.3 Å². The molecule has 412 valence electrons. The van der Waals surface area contributed by atoms with E-state index in [1.54, 1.807) is 0 Å². The topological polar surface area (TPSA) is 73.7 Å². The van der Waals surface area contributed by atoms with Crippen LogP contribution in [0.3, 0.4) is 0 Å². The van der Waals surface area contributed by atoms with E-state index in [9.17, 15) is 9.59 Å². The summed E-state index contributed by atoms with van der Waals surface area (Å²) in [7, 11) is 0. The summed E-state index contributed by atoms with van der Waals surface area (Å²) < 4.78 is 13.9. The molecule has 0 saturated heterocycles. The Morgan fingerprint density at radius 3 is 1.19 bits per heavy atom.